The second-order valence-electron chi connectivity index (χ2n) is 2.88. The Morgan fingerprint density at radius 3 is 2.79 bits per heavy atom. The maximum atomic E-state index is 12.9. The minimum Gasteiger partial charge on any atom is -0.491 e. The molecular formula is C9H13FN2O2. The molecule has 1 unspecified atom stereocenters. The van der Waals surface area contributed by atoms with Crippen LogP contribution in [0.5, 0.6) is 5.75 Å². The number of benzene rings is 1. The van der Waals surface area contributed by atoms with E-state index in [0.29, 0.717) is 5.75 Å². The van der Waals surface area contributed by atoms with Gasteiger partial charge in [-0.15, -0.1) is 0 Å². The van der Waals surface area contributed by atoms with Crippen molar-refractivity contribution in [2.24, 2.45) is 5.73 Å². The van der Waals surface area contributed by atoms with E-state index in [2.05, 4.69) is 0 Å². The van der Waals surface area contributed by atoms with E-state index >= 15 is 0 Å². The van der Waals surface area contributed by atoms with E-state index < -0.39 is 11.9 Å². The first-order chi connectivity index (χ1) is 6.63. The van der Waals surface area contributed by atoms with Crippen LogP contribution in [0.4, 0.5) is 10.1 Å². The van der Waals surface area contributed by atoms with Crippen LogP contribution >= 0.6 is 0 Å². The summed E-state index contributed by atoms with van der Waals surface area (Å²) < 4.78 is 18.0. The highest BCUT2D eigenvalue weighted by atomic mass is 19.1. The Bertz CT molecular complexity index is 307. The first-order valence-corrected chi connectivity index (χ1v) is 4.19. The number of anilines is 1. The largest absolute Gasteiger partial charge is 0.491 e. The molecule has 0 spiro atoms. The SMILES string of the molecule is NCC(O)COc1ccc(N)c(F)c1. The molecule has 0 amide bonds. The zero-order chi connectivity index (χ0) is 10.6. The van der Waals surface area contributed by atoms with Crippen molar-refractivity contribution < 1.29 is 14.2 Å². The smallest absolute Gasteiger partial charge is 0.149 e. The van der Waals surface area contributed by atoms with E-state index in [0.717, 1.165) is 0 Å². The molecule has 1 rings (SSSR count). The Hall–Kier alpha value is -1.33. The fraction of sp³-hybridized carbons (Fsp3) is 0.333. The van der Waals surface area contributed by atoms with Crippen LogP contribution < -0.4 is 16.2 Å². The Morgan fingerprint density at radius 1 is 1.50 bits per heavy atom. The Labute approximate surface area is 81.3 Å². The number of nitrogens with two attached hydrogens (primary N) is 2. The number of hydrogen-bond acceptors (Lipinski definition) is 4. The molecule has 5 heteroatoms. The summed E-state index contributed by atoms with van der Waals surface area (Å²) in [6.07, 6.45) is -0.740. The average molecular weight is 200 g/mol. The second-order valence-corrected chi connectivity index (χ2v) is 2.88. The summed E-state index contributed by atoms with van der Waals surface area (Å²) in [5.74, 6) is -0.214. The van der Waals surface area contributed by atoms with Gasteiger partial charge in [0.2, 0.25) is 0 Å². The number of aliphatic hydroxyl groups is 1. The number of halogens is 1. The topological polar surface area (TPSA) is 81.5 Å². The van der Waals surface area contributed by atoms with Gasteiger partial charge in [0.25, 0.3) is 0 Å². The number of hydrogen-bond donors (Lipinski definition) is 3. The van der Waals surface area contributed by atoms with E-state index in [1.54, 1.807) is 0 Å². The standard InChI is InChI=1S/C9H13FN2O2/c10-8-3-7(1-2-9(8)12)14-5-6(13)4-11/h1-3,6,13H,4-5,11-12H2. The molecule has 1 aromatic carbocycles. The van der Waals surface area contributed by atoms with E-state index in [1.807, 2.05) is 0 Å². The molecule has 0 aromatic heterocycles. The fourth-order valence-corrected chi connectivity index (χ4v) is 0.858. The lowest BCUT2D eigenvalue weighted by Gasteiger charge is -2.10. The molecule has 0 aliphatic rings. The molecule has 0 fully saturated rings. The van der Waals surface area contributed by atoms with Crippen molar-refractivity contribution in [3.8, 4) is 5.75 Å². The zero-order valence-electron chi connectivity index (χ0n) is 7.61. The van der Waals surface area contributed by atoms with E-state index in [9.17, 15) is 4.39 Å². The molecule has 0 saturated carbocycles. The molecule has 1 aromatic rings. The summed E-state index contributed by atoms with van der Waals surface area (Å²) in [6, 6.07) is 4.10. The molecule has 0 radical (unpaired) electrons. The highest BCUT2D eigenvalue weighted by Crippen LogP contribution is 2.17. The first-order valence-electron chi connectivity index (χ1n) is 4.19. The van der Waals surface area contributed by atoms with Crippen LogP contribution in [-0.2, 0) is 0 Å². The quantitative estimate of drug-likeness (QED) is 0.602. The van der Waals surface area contributed by atoms with Crippen molar-refractivity contribution >= 4 is 5.69 Å². The minimum absolute atomic E-state index is 0.0415. The summed E-state index contributed by atoms with van der Waals surface area (Å²) in [5, 5.41) is 9.07. The van der Waals surface area contributed by atoms with Gasteiger partial charge < -0.3 is 21.3 Å². The van der Waals surface area contributed by atoms with E-state index in [4.69, 9.17) is 21.3 Å². The van der Waals surface area contributed by atoms with E-state index in [-0.39, 0.29) is 18.8 Å². The number of rotatable bonds is 4. The van der Waals surface area contributed by atoms with Gasteiger partial charge in [-0.25, -0.2) is 4.39 Å². The maximum Gasteiger partial charge on any atom is 0.149 e. The molecule has 0 aliphatic heterocycles. The normalized spacial score (nSPS) is 12.5. The lowest BCUT2D eigenvalue weighted by atomic mass is 10.3. The van der Waals surface area contributed by atoms with Gasteiger partial charge in [0.15, 0.2) is 0 Å². The lowest BCUT2D eigenvalue weighted by Crippen LogP contribution is -2.26. The second kappa shape index (κ2) is 4.78. The third-order valence-corrected chi connectivity index (χ3v) is 1.69. The predicted octanol–water partition coefficient (Wildman–Crippen LogP) is 0.106. The van der Waals surface area contributed by atoms with Crippen molar-refractivity contribution in [2.75, 3.05) is 18.9 Å². The minimum atomic E-state index is -0.740. The molecule has 14 heavy (non-hydrogen) atoms. The summed E-state index contributed by atoms with van der Waals surface area (Å²) in [7, 11) is 0. The Kier molecular flexibility index (Phi) is 3.67. The van der Waals surface area contributed by atoms with Crippen molar-refractivity contribution in [1.82, 2.24) is 0 Å². The molecule has 1 atom stereocenters. The third-order valence-electron chi connectivity index (χ3n) is 1.69. The van der Waals surface area contributed by atoms with Gasteiger partial charge in [0, 0.05) is 12.6 Å². The number of aliphatic hydroxyl groups excluding tert-OH is 1. The summed E-state index contributed by atoms with van der Waals surface area (Å²) in [4.78, 5) is 0. The van der Waals surface area contributed by atoms with Crippen LogP contribution in [0.2, 0.25) is 0 Å². The van der Waals surface area contributed by atoms with Gasteiger partial charge >= 0.3 is 0 Å². The van der Waals surface area contributed by atoms with Crippen molar-refractivity contribution in [3.63, 3.8) is 0 Å². The monoisotopic (exact) mass is 200 g/mol. The zero-order valence-corrected chi connectivity index (χ0v) is 7.61. The number of ether oxygens (including phenoxy) is 1. The van der Waals surface area contributed by atoms with Crippen LogP contribution in [0.3, 0.4) is 0 Å². The molecule has 0 saturated heterocycles. The highest BCUT2D eigenvalue weighted by Gasteiger charge is 2.04. The van der Waals surface area contributed by atoms with Crippen LogP contribution in [0.15, 0.2) is 18.2 Å². The molecule has 0 aliphatic carbocycles. The molecule has 5 N–H and O–H groups in total. The summed E-state index contributed by atoms with van der Waals surface area (Å²) >= 11 is 0. The molecule has 0 heterocycles. The average Bonchev–Trinajstić information content (AvgIpc) is 2.19. The van der Waals surface area contributed by atoms with Crippen LogP contribution in [0.1, 0.15) is 0 Å². The lowest BCUT2D eigenvalue weighted by molar-refractivity contribution is 0.114. The first kappa shape index (κ1) is 10.7. The maximum absolute atomic E-state index is 12.9. The Morgan fingerprint density at radius 2 is 2.21 bits per heavy atom. The van der Waals surface area contributed by atoms with Gasteiger partial charge in [-0.05, 0) is 12.1 Å². The molecule has 4 nitrogen and oxygen atoms in total. The number of nitrogen functional groups attached to an aromatic ring is 1. The van der Waals surface area contributed by atoms with Gasteiger partial charge in [-0.2, -0.15) is 0 Å². The summed E-state index contributed by atoms with van der Waals surface area (Å²) in [5.41, 5.74) is 10.5. The third kappa shape index (κ3) is 2.86. The van der Waals surface area contributed by atoms with Gasteiger partial charge in [0.1, 0.15) is 24.3 Å². The summed E-state index contributed by atoms with van der Waals surface area (Å²) in [6.45, 7) is 0.150. The van der Waals surface area contributed by atoms with Crippen LogP contribution in [-0.4, -0.2) is 24.4 Å². The predicted molar refractivity (Wildman–Crippen MR) is 51.4 cm³/mol. The fourth-order valence-electron chi connectivity index (χ4n) is 0.858. The molecular weight excluding hydrogens is 187 g/mol. The van der Waals surface area contributed by atoms with Crippen molar-refractivity contribution in [3.05, 3.63) is 24.0 Å². The molecule has 78 valence electrons. The van der Waals surface area contributed by atoms with Crippen LogP contribution in [0, 0.1) is 5.82 Å². The van der Waals surface area contributed by atoms with Gasteiger partial charge in [0.05, 0.1) is 5.69 Å². The van der Waals surface area contributed by atoms with Gasteiger partial charge in [-0.3, -0.25) is 0 Å². The van der Waals surface area contributed by atoms with Gasteiger partial charge in [-0.1, -0.05) is 0 Å². The van der Waals surface area contributed by atoms with Crippen molar-refractivity contribution in [1.29, 1.82) is 0 Å². The highest BCUT2D eigenvalue weighted by molar-refractivity contribution is 5.43. The Balaban J connectivity index is 2.55. The van der Waals surface area contributed by atoms with Crippen LogP contribution in [0.25, 0.3) is 0 Å². The van der Waals surface area contributed by atoms with Crippen molar-refractivity contribution in [2.45, 2.75) is 6.10 Å². The van der Waals surface area contributed by atoms with E-state index in [1.165, 1.54) is 18.2 Å². The molecule has 0 bridgehead atoms.